The zero-order valence-corrected chi connectivity index (χ0v) is 35.4. The summed E-state index contributed by atoms with van der Waals surface area (Å²) in [6.45, 7) is 0. The smallest absolute Gasteiger partial charge is 0.145 e. The van der Waals surface area contributed by atoms with Crippen LogP contribution in [-0.4, -0.2) is 18.7 Å². The Labute approximate surface area is 376 Å². The molecule has 3 aromatic heterocycles. The van der Waals surface area contributed by atoms with Crippen LogP contribution in [-0.2, 0) is 0 Å². The minimum absolute atomic E-state index is 0.887. The maximum Gasteiger partial charge on any atom is 0.145 e. The molecule has 3 heterocycles. The summed E-state index contributed by atoms with van der Waals surface area (Å²) in [6, 6.07) is 87.7. The zero-order valence-electron chi connectivity index (χ0n) is 35.4. The van der Waals surface area contributed by atoms with Gasteiger partial charge in [-0.2, -0.15) is 0 Å². The van der Waals surface area contributed by atoms with Gasteiger partial charge in [-0.05, 0) is 112 Å². The van der Waals surface area contributed by atoms with Crippen molar-refractivity contribution < 1.29 is 0 Å². The van der Waals surface area contributed by atoms with E-state index in [1.165, 1.54) is 54.7 Å². The molecule has 304 valence electrons. The van der Waals surface area contributed by atoms with Crippen molar-refractivity contribution in [1.82, 2.24) is 18.7 Å². The van der Waals surface area contributed by atoms with E-state index in [1.54, 1.807) is 0 Å². The van der Waals surface area contributed by atoms with Crippen LogP contribution in [0, 0.1) is 0 Å². The molecule has 0 aliphatic heterocycles. The van der Waals surface area contributed by atoms with Crippen LogP contribution in [0.3, 0.4) is 0 Å². The van der Waals surface area contributed by atoms with Crippen molar-refractivity contribution in [2.75, 3.05) is 0 Å². The van der Waals surface area contributed by atoms with Crippen molar-refractivity contribution in [1.29, 1.82) is 0 Å². The molecule has 0 spiro atoms. The average molecular weight is 829 g/mol. The molecule has 4 nitrogen and oxygen atoms in total. The monoisotopic (exact) mass is 828 g/mol. The average Bonchev–Trinajstić information content (AvgIpc) is 4.05. The summed E-state index contributed by atoms with van der Waals surface area (Å²) in [5.74, 6) is 0.887. The molecule has 0 radical (unpaired) electrons. The predicted molar refractivity (Wildman–Crippen MR) is 271 cm³/mol. The first kappa shape index (κ1) is 36.9. The molecule has 13 aromatic rings. The number of nitrogens with zero attached hydrogens (tertiary/aromatic N) is 4. The fourth-order valence-electron chi connectivity index (χ4n) is 10.1. The van der Waals surface area contributed by atoms with Crippen molar-refractivity contribution in [2.24, 2.45) is 0 Å². The minimum Gasteiger partial charge on any atom is -0.309 e. The molecule has 4 heteroatoms. The molecular weight excluding hydrogens is 789 g/mol. The highest BCUT2D eigenvalue weighted by atomic mass is 15.1. The Hall–Kier alpha value is -8.73. The van der Waals surface area contributed by atoms with Gasteiger partial charge in [0.05, 0.1) is 33.1 Å². The second-order valence-electron chi connectivity index (χ2n) is 16.8. The number of fused-ring (bicyclic) bond motifs is 7. The van der Waals surface area contributed by atoms with Gasteiger partial charge < -0.3 is 9.13 Å². The third-order valence-electron chi connectivity index (χ3n) is 13.0. The Balaban J connectivity index is 1.05. The molecule has 0 amide bonds. The summed E-state index contributed by atoms with van der Waals surface area (Å²) in [5, 5.41) is 4.94. The maximum atomic E-state index is 5.41. The fourth-order valence-corrected chi connectivity index (χ4v) is 10.1. The Kier molecular flexibility index (Phi) is 8.50. The summed E-state index contributed by atoms with van der Waals surface area (Å²) in [4.78, 5) is 5.41. The molecule has 10 aromatic carbocycles. The van der Waals surface area contributed by atoms with Crippen LogP contribution in [0.25, 0.3) is 116 Å². The highest BCUT2D eigenvalue weighted by Crippen LogP contribution is 2.40. The molecular formula is C61H40N4. The first-order valence-electron chi connectivity index (χ1n) is 22.2. The van der Waals surface area contributed by atoms with E-state index in [9.17, 15) is 0 Å². The van der Waals surface area contributed by atoms with Crippen LogP contribution in [0.2, 0.25) is 0 Å². The number of hydrogen-bond donors (Lipinski definition) is 0. The molecule has 0 bridgehead atoms. The fraction of sp³-hybridized carbons (Fsp3) is 0. The number of imidazole rings is 1. The Morgan fingerprint density at radius 3 is 1.08 bits per heavy atom. The van der Waals surface area contributed by atoms with E-state index in [4.69, 9.17) is 4.98 Å². The maximum absolute atomic E-state index is 5.41. The molecule has 0 fully saturated rings. The number of benzene rings is 10. The summed E-state index contributed by atoms with van der Waals surface area (Å²) in [6.07, 6.45) is 0. The number of rotatable bonds is 7. The van der Waals surface area contributed by atoms with Gasteiger partial charge in [-0.25, -0.2) is 4.98 Å². The van der Waals surface area contributed by atoms with E-state index in [0.717, 1.165) is 61.7 Å². The van der Waals surface area contributed by atoms with Crippen molar-refractivity contribution in [2.45, 2.75) is 0 Å². The van der Waals surface area contributed by atoms with Gasteiger partial charge in [0.25, 0.3) is 0 Å². The lowest BCUT2D eigenvalue weighted by molar-refractivity contribution is 1.10. The SMILES string of the molecule is c1ccc(-c2cc(-c3ccccc3)cc(-n3c(-c4cccc(-c5cc(-n6c7ccccc7c7ccccc76)cc(-n6c7ccccc7c7ccccc76)c5)c4)nc4ccccc43)c2)cc1. The highest BCUT2D eigenvalue weighted by Gasteiger charge is 2.20. The van der Waals surface area contributed by atoms with Gasteiger partial charge >= 0.3 is 0 Å². The Morgan fingerprint density at radius 1 is 0.231 bits per heavy atom. The Morgan fingerprint density at radius 2 is 0.585 bits per heavy atom. The summed E-state index contributed by atoms with van der Waals surface area (Å²) in [7, 11) is 0. The summed E-state index contributed by atoms with van der Waals surface area (Å²) < 4.78 is 7.20. The quantitative estimate of drug-likeness (QED) is 0.157. The highest BCUT2D eigenvalue weighted by molar-refractivity contribution is 6.11. The zero-order chi connectivity index (χ0) is 42.8. The van der Waals surface area contributed by atoms with Crippen LogP contribution in [0.4, 0.5) is 0 Å². The number of hydrogen-bond acceptors (Lipinski definition) is 1. The Bertz CT molecular complexity index is 3650. The van der Waals surface area contributed by atoms with Crippen molar-refractivity contribution >= 4 is 54.6 Å². The van der Waals surface area contributed by atoms with Gasteiger partial charge in [0.1, 0.15) is 5.82 Å². The molecule has 65 heavy (non-hydrogen) atoms. The summed E-state index contributed by atoms with van der Waals surface area (Å²) >= 11 is 0. The van der Waals surface area contributed by atoms with Gasteiger partial charge in [0.2, 0.25) is 0 Å². The van der Waals surface area contributed by atoms with Crippen molar-refractivity contribution in [3.63, 3.8) is 0 Å². The normalized spacial score (nSPS) is 11.7. The van der Waals surface area contributed by atoms with Crippen LogP contribution in [0.1, 0.15) is 0 Å². The van der Waals surface area contributed by atoms with Crippen LogP contribution < -0.4 is 0 Å². The van der Waals surface area contributed by atoms with Crippen molar-refractivity contribution in [3.05, 3.63) is 243 Å². The van der Waals surface area contributed by atoms with Gasteiger partial charge in [0, 0.05) is 44.2 Å². The van der Waals surface area contributed by atoms with E-state index in [0.29, 0.717) is 0 Å². The number of para-hydroxylation sites is 6. The molecule has 0 aliphatic carbocycles. The lowest BCUT2D eigenvalue weighted by Gasteiger charge is -2.17. The lowest BCUT2D eigenvalue weighted by atomic mass is 9.97. The van der Waals surface area contributed by atoms with Gasteiger partial charge in [0.15, 0.2) is 0 Å². The molecule has 0 saturated carbocycles. The van der Waals surface area contributed by atoms with Gasteiger partial charge in [-0.1, -0.05) is 164 Å². The van der Waals surface area contributed by atoms with E-state index in [1.807, 2.05) is 0 Å². The van der Waals surface area contributed by atoms with Crippen LogP contribution >= 0.6 is 0 Å². The van der Waals surface area contributed by atoms with Crippen molar-refractivity contribution in [3.8, 4) is 61.8 Å². The summed E-state index contributed by atoms with van der Waals surface area (Å²) in [5.41, 5.74) is 17.8. The van der Waals surface area contributed by atoms with Gasteiger partial charge in [-0.15, -0.1) is 0 Å². The van der Waals surface area contributed by atoms with E-state index >= 15 is 0 Å². The van der Waals surface area contributed by atoms with E-state index in [2.05, 4.69) is 256 Å². The van der Waals surface area contributed by atoms with Crippen LogP contribution in [0.15, 0.2) is 243 Å². The molecule has 0 saturated heterocycles. The largest absolute Gasteiger partial charge is 0.309 e. The topological polar surface area (TPSA) is 27.7 Å². The van der Waals surface area contributed by atoms with E-state index < -0.39 is 0 Å². The third-order valence-corrected chi connectivity index (χ3v) is 13.0. The molecule has 0 atom stereocenters. The van der Waals surface area contributed by atoms with E-state index in [-0.39, 0.29) is 0 Å². The second kappa shape index (κ2) is 15.0. The second-order valence-corrected chi connectivity index (χ2v) is 16.8. The minimum atomic E-state index is 0.887. The number of aromatic nitrogens is 4. The predicted octanol–water partition coefficient (Wildman–Crippen LogP) is 15.9. The van der Waals surface area contributed by atoms with Crippen LogP contribution in [0.5, 0.6) is 0 Å². The molecule has 13 rings (SSSR count). The first-order chi connectivity index (χ1) is 32.2. The lowest BCUT2D eigenvalue weighted by Crippen LogP contribution is -2.01. The third kappa shape index (κ3) is 6.11. The first-order valence-corrected chi connectivity index (χ1v) is 22.2. The van der Waals surface area contributed by atoms with Gasteiger partial charge in [-0.3, -0.25) is 4.57 Å². The molecule has 0 unspecified atom stereocenters. The standard InChI is InChI=1S/C61H40N4/c1-3-18-41(19-4-1)45-35-46(42-20-5-2-6-21-42)37-48(36-45)65-60-33-16-11-28-55(60)62-61(65)44-23-17-22-43(34-44)47-38-49(63-56-29-12-7-24-51(56)52-25-8-13-30-57(52)63)40-50(39-47)64-58-31-14-9-26-53(58)54-27-10-15-32-59(54)64/h1-40H. The molecule has 0 aliphatic rings. The molecule has 0 N–H and O–H groups in total.